The molecule has 1 saturated heterocycles. The minimum atomic E-state index is -0.228. The Bertz CT molecular complexity index is 417. The number of hydrogen-bond donors (Lipinski definition) is 2. The van der Waals surface area contributed by atoms with Crippen molar-refractivity contribution < 1.29 is 5.11 Å². The molecule has 0 aromatic carbocycles. The maximum Gasteiger partial charge on any atom is 0.0620 e. The zero-order chi connectivity index (χ0) is 15.1. The van der Waals surface area contributed by atoms with E-state index in [4.69, 9.17) is 0 Å². The Kier molecular flexibility index (Phi) is 6.05. The van der Waals surface area contributed by atoms with Gasteiger partial charge in [-0.2, -0.15) is 0 Å². The number of allylic oxidation sites excluding steroid dienone is 3. The molecule has 2 heteroatoms. The summed E-state index contributed by atoms with van der Waals surface area (Å²) in [7, 11) is 0. The topological polar surface area (TPSA) is 32.3 Å². The monoisotopic (exact) mass is 287 g/mol. The lowest BCUT2D eigenvalue weighted by Crippen LogP contribution is -2.61. The second kappa shape index (κ2) is 7.79. The summed E-state index contributed by atoms with van der Waals surface area (Å²) in [5, 5.41) is 14.4. The van der Waals surface area contributed by atoms with Gasteiger partial charge in [-0.1, -0.05) is 37.8 Å². The van der Waals surface area contributed by atoms with Gasteiger partial charge in [0.05, 0.1) is 6.10 Å². The third kappa shape index (κ3) is 3.97. The minimum Gasteiger partial charge on any atom is -0.392 e. The van der Waals surface area contributed by atoms with Crippen molar-refractivity contribution in [1.29, 1.82) is 0 Å². The van der Waals surface area contributed by atoms with Crippen LogP contribution in [0.15, 0.2) is 43.2 Å². The average molecular weight is 287 g/mol. The summed E-state index contributed by atoms with van der Waals surface area (Å²) >= 11 is 0. The normalized spacial score (nSPS) is 36.5. The zero-order valence-corrected chi connectivity index (χ0v) is 13.1. The van der Waals surface area contributed by atoms with Crippen molar-refractivity contribution in [3.8, 4) is 0 Å². The largest absolute Gasteiger partial charge is 0.392 e. The molecule has 21 heavy (non-hydrogen) atoms. The summed E-state index contributed by atoms with van der Waals surface area (Å²) in [5.41, 5.74) is 2.94. The van der Waals surface area contributed by atoms with Gasteiger partial charge in [-0.25, -0.2) is 0 Å². The van der Waals surface area contributed by atoms with Crippen LogP contribution in [0.4, 0.5) is 0 Å². The van der Waals surface area contributed by atoms with Crippen LogP contribution >= 0.6 is 0 Å². The first kappa shape index (κ1) is 16.3. The first-order valence-corrected chi connectivity index (χ1v) is 8.31. The number of aliphatic hydroxyl groups excluding tert-OH is 1. The van der Waals surface area contributed by atoms with Crippen molar-refractivity contribution >= 4 is 0 Å². The molecule has 2 rings (SSSR count). The number of hydrogen-bond acceptors (Lipinski definition) is 2. The fourth-order valence-corrected chi connectivity index (χ4v) is 4.13. The number of aliphatic hydroxyl groups is 1. The second-order valence-corrected chi connectivity index (χ2v) is 6.48. The van der Waals surface area contributed by atoms with Gasteiger partial charge in [0.15, 0.2) is 0 Å². The molecule has 4 atom stereocenters. The lowest BCUT2D eigenvalue weighted by Gasteiger charge is -2.51. The Balaban J connectivity index is 2.10. The molecular weight excluding hydrogens is 258 g/mol. The second-order valence-electron chi connectivity index (χ2n) is 6.48. The fourth-order valence-electron chi connectivity index (χ4n) is 4.13. The smallest absolute Gasteiger partial charge is 0.0620 e. The molecule has 1 saturated carbocycles. The highest BCUT2D eigenvalue weighted by Gasteiger charge is 2.45. The maximum absolute atomic E-state index is 10.5. The Morgan fingerprint density at radius 2 is 2.05 bits per heavy atom. The van der Waals surface area contributed by atoms with Crippen molar-refractivity contribution in [3.63, 3.8) is 0 Å². The van der Waals surface area contributed by atoms with Crippen LogP contribution in [0.25, 0.3) is 0 Å². The van der Waals surface area contributed by atoms with Crippen LogP contribution in [0.1, 0.15) is 51.4 Å². The minimum absolute atomic E-state index is 0.0813. The molecule has 1 aliphatic carbocycles. The molecule has 2 fully saturated rings. The quantitative estimate of drug-likeness (QED) is 0.594. The Morgan fingerprint density at radius 3 is 2.76 bits per heavy atom. The number of piperidine rings is 1. The molecule has 116 valence electrons. The van der Waals surface area contributed by atoms with Crippen LogP contribution in [0.5, 0.6) is 0 Å². The van der Waals surface area contributed by atoms with E-state index in [0.717, 1.165) is 25.7 Å². The molecule has 0 aromatic rings. The lowest BCUT2D eigenvalue weighted by molar-refractivity contribution is 0.00298. The van der Waals surface area contributed by atoms with Crippen molar-refractivity contribution in [2.24, 2.45) is 5.92 Å². The van der Waals surface area contributed by atoms with Crippen LogP contribution in [-0.4, -0.2) is 22.8 Å². The van der Waals surface area contributed by atoms with Crippen LogP contribution < -0.4 is 5.32 Å². The first-order valence-electron chi connectivity index (χ1n) is 8.31. The van der Waals surface area contributed by atoms with Crippen molar-refractivity contribution in [2.45, 2.75) is 69.1 Å². The first-order chi connectivity index (χ1) is 10.2. The van der Waals surface area contributed by atoms with Gasteiger partial charge in [0.2, 0.25) is 0 Å². The van der Waals surface area contributed by atoms with E-state index in [9.17, 15) is 5.11 Å². The third-order valence-electron chi connectivity index (χ3n) is 5.10. The van der Waals surface area contributed by atoms with Crippen LogP contribution in [0.3, 0.4) is 0 Å². The van der Waals surface area contributed by atoms with Gasteiger partial charge in [-0.15, -0.1) is 5.73 Å². The predicted octanol–water partition coefficient (Wildman–Crippen LogP) is 3.89. The summed E-state index contributed by atoms with van der Waals surface area (Å²) in [6, 6.07) is 0.549. The van der Waals surface area contributed by atoms with Crippen molar-refractivity contribution in [2.75, 3.05) is 0 Å². The fraction of sp³-hybridized carbons (Fsp3) is 0.632. The highest BCUT2D eigenvalue weighted by atomic mass is 16.3. The molecule has 0 bridgehead atoms. The van der Waals surface area contributed by atoms with Gasteiger partial charge in [-0.05, 0) is 51.0 Å². The van der Waals surface area contributed by atoms with Gasteiger partial charge in [0, 0.05) is 17.5 Å². The molecule has 0 amide bonds. The molecule has 0 aromatic heterocycles. The molecule has 2 aliphatic rings. The van der Waals surface area contributed by atoms with E-state index in [2.05, 4.69) is 30.3 Å². The molecule has 1 spiro atoms. The molecule has 1 aliphatic heterocycles. The van der Waals surface area contributed by atoms with E-state index in [1.165, 1.54) is 25.7 Å². The van der Waals surface area contributed by atoms with E-state index in [-0.39, 0.29) is 17.6 Å². The number of nitrogens with one attached hydrogen (secondary N) is 1. The zero-order valence-electron chi connectivity index (χ0n) is 13.1. The lowest BCUT2D eigenvalue weighted by atomic mass is 9.66. The predicted molar refractivity (Wildman–Crippen MR) is 89.1 cm³/mol. The molecule has 2 N–H and O–H groups in total. The van der Waals surface area contributed by atoms with Gasteiger partial charge in [-0.3, -0.25) is 0 Å². The summed E-state index contributed by atoms with van der Waals surface area (Å²) in [6.45, 7) is 7.39. The van der Waals surface area contributed by atoms with Gasteiger partial charge in [0.25, 0.3) is 0 Å². The molecular formula is C19H29NO. The van der Waals surface area contributed by atoms with Gasteiger partial charge < -0.3 is 10.4 Å². The standard InChI is InChI=1S/C19H29NO/c1-3-5-7-10-16-11-8-14-19(20-16)15-9-13-18(21)17(19)12-6-4-2/h4-6,12,16-18,20-21H,1-2,7-11,13-15H2. The Labute approximate surface area is 129 Å². The highest BCUT2D eigenvalue weighted by Crippen LogP contribution is 2.41. The van der Waals surface area contributed by atoms with Crippen molar-refractivity contribution in [1.82, 2.24) is 5.32 Å². The Morgan fingerprint density at radius 1 is 1.29 bits per heavy atom. The van der Waals surface area contributed by atoms with Gasteiger partial charge in [0.1, 0.15) is 0 Å². The van der Waals surface area contributed by atoms with E-state index < -0.39 is 0 Å². The molecule has 2 nitrogen and oxygen atoms in total. The third-order valence-corrected chi connectivity index (χ3v) is 5.10. The van der Waals surface area contributed by atoms with Crippen LogP contribution in [0, 0.1) is 5.92 Å². The van der Waals surface area contributed by atoms with Crippen LogP contribution in [-0.2, 0) is 0 Å². The summed E-state index contributed by atoms with van der Waals surface area (Å²) in [6.07, 6.45) is 16.8. The van der Waals surface area contributed by atoms with Crippen molar-refractivity contribution in [3.05, 3.63) is 43.2 Å². The molecule has 4 unspecified atom stereocenters. The van der Waals surface area contributed by atoms with E-state index in [0.29, 0.717) is 6.04 Å². The molecule has 0 radical (unpaired) electrons. The highest BCUT2D eigenvalue weighted by molar-refractivity contribution is 5.14. The van der Waals surface area contributed by atoms with Crippen LogP contribution in [0.2, 0.25) is 0 Å². The molecule has 1 heterocycles. The SMILES string of the molecule is C=C=CCCC1CCCC2(CCCC(O)C2C=CC=C)N1. The van der Waals surface area contributed by atoms with Gasteiger partial charge >= 0.3 is 0 Å². The Hall–Kier alpha value is -1.08. The van der Waals surface area contributed by atoms with E-state index >= 15 is 0 Å². The van der Waals surface area contributed by atoms with E-state index in [1.807, 2.05) is 18.2 Å². The average Bonchev–Trinajstić information content (AvgIpc) is 2.47. The number of rotatable bonds is 5. The summed E-state index contributed by atoms with van der Waals surface area (Å²) in [4.78, 5) is 0. The summed E-state index contributed by atoms with van der Waals surface area (Å²) < 4.78 is 0. The van der Waals surface area contributed by atoms with E-state index in [1.54, 1.807) is 0 Å². The maximum atomic E-state index is 10.5. The summed E-state index contributed by atoms with van der Waals surface area (Å²) in [5.74, 6) is 0.210.